The van der Waals surface area contributed by atoms with Crippen LogP contribution in [0.25, 0.3) is 0 Å². The standard InChI is InChI=1S/C17H26N2O3/c1-15(20)19-9-5-8-18(10-11-19)12-17(21)14-22-13-16-6-3-2-4-7-16/h2-4,6-7,17,21H,5,8-14H2,1H3/t17-/m1/s1. The van der Waals surface area contributed by atoms with Crippen LogP contribution in [-0.2, 0) is 16.1 Å². The number of rotatable bonds is 6. The molecule has 1 atom stereocenters. The lowest BCUT2D eigenvalue weighted by Crippen LogP contribution is -2.38. The Labute approximate surface area is 132 Å². The van der Waals surface area contributed by atoms with Crippen molar-refractivity contribution >= 4 is 5.91 Å². The zero-order valence-electron chi connectivity index (χ0n) is 13.3. The molecule has 1 aliphatic heterocycles. The molecule has 1 amide bonds. The molecule has 1 saturated heterocycles. The van der Waals surface area contributed by atoms with Crippen molar-refractivity contribution in [3.8, 4) is 0 Å². The van der Waals surface area contributed by atoms with Gasteiger partial charge >= 0.3 is 0 Å². The maximum absolute atomic E-state index is 11.4. The number of hydrogen-bond donors (Lipinski definition) is 1. The minimum absolute atomic E-state index is 0.133. The number of aliphatic hydroxyl groups is 1. The zero-order valence-corrected chi connectivity index (χ0v) is 13.3. The first-order valence-corrected chi connectivity index (χ1v) is 7.93. The van der Waals surface area contributed by atoms with Crippen LogP contribution in [0.2, 0.25) is 0 Å². The first kappa shape index (κ1) is 16.9. The lowest BCUT2D eigenvalue weighted by atomic mass is 10.2. The average molecular weight is 306 g/mol. The van der Waals surface area contributed by atoms with E-state index < -0.39 is 6.10 Å². The molecule has 22 heavy (non-hydrogen) atoms. The van der Waals surface area contributed by atoms with Crippen LogP contribution in [0.15, 0.2) is 30.3 Å². The van der Waals surface area contributed by atoms with Gasteiger partial charge in [-0.25, -0.2) is 0 Å². The second kappa shape index (κ2) is 8.88. The fourth-order valence-electron chi connectivity index (χ4n) is 2.71. The van der Waals surface area contributed by atoms with Crippen molar-refractivity contribution in [3.63, 3.8) is 0 Å². The largest absolute Gasteiger partial charge is 0.389 e. The highest BCUT2D eigenvalue weighted by Crippen LogP contribution is 2.06. The number of hydrogen-bond acceptors (Lipinski definition) is 4. The van der Waals surface area contributed by atoms with Gasteiger partial charge in [-0.15, -0.1) is 0 Å². The average Bonchev–Trinajstić information content (AvgIpc) is 2.74. The molecule has 0 aliphatic carbocycles. The van der Waals surface area contributed by atoms with Crippen LogP contribution < -0.4 is 0 Å². The second-order valence-corrected chi connectivity index (χ2v) is 5.81. The van der Waals surface area contributed by atoms with Crippen molar-refractivity contribution < 1.29 is 14.6 Å². The fraction of sp³-hybridized carbons (Fsp3) is 0.588. The highest BCUT2D eigenvalue weighted by atomic mass is 16.5. The van der Waals surface area contributed by atoms with E-state index in [9.17, 15) is 9.90 Å². The Morgan fingerprint density at radius 1 is 1.23 bits per heavy atom. The highest BCUT2D eigenvalue weighted by Gasteiger charge is 2.18. The number of carbonyl (C=O) groups is 1. The minimum Gasteiger partial charge on any atom is -0.389 e. The molecule has 0 unspecified atom stereocenters. The third-order valence-corrected chi connectivity index (χ3v) is 3.92. The molecule has 5 heteroatoms. The van der Waals surface area contributed by atoms with Crippen molar-refractivity contribution in [1.82, 2.24) is 9.80 Å². The molecule has 1 aromatic rings. The number of amides is 1. The molecular formula is C17H26N2O3. The Hall–Kier alpha value is -1.43. The van der Waals surface area contributed by atoms with Crippen molar-refractivity contribution in [2.75, 3.05) is 39.3 Å². The molecule has 0 aromatic heterocycles. The fourth-order valence-corrected chi connectivity index (χ4v) is 2.71. The summed E-state index contributed by atoms with van der Waals surface area (Å²) in [6.45, 7) is 6.36. The number of benzene rings is 1. The van der Waals surface area contributed by atoms with Gasteiger partial charge in [-0.3, -0.25) is 9.69 Å². The second-order valence-electron chi connectivity index (χ2n) is 5.81. The zero-order chi connectivity index (χ0) is 15.8. The first-order valence-electron chi connectivity index (χ1n) is 7.93. The number of aliphatic hydroxyl groups excluding tert-OH is 1. The molecule has 0 saturated carbocycles. The van der Waals surface area contributed by atoms with Gasteiger partial charge < -0.3 is 14.7 Å². The maximum atomic E-state index is 11.4. The molecular weight excluding hydrogens is 280 g/mol. The van der Waals surface area contributed by atoms with E-state index in [1.54, 1.807) is 6.92 Å². The molecule has 0 spiro atoms. The van der Waals surface area contributed by atoms with E-state index in [-0.39, 0.29) is 5.91 Å². The summed E-state index contributed by atoms with van der Waals surface area (Å²) in [7, 11) is 0. The van der Waals surface area contributed by atoms with Crippen LogP contribution in [-0.4, -0.2) is 66.2 Å². The van der Waals surface area contributed by atoms with Crippen molar-refractivity contribution in [1.29, 1.82) is 0 Å². The molecule has 0 radical (unpaired) electrons. The van der Waals surface area contributed by atoms with Gasteiger partial charge in [0.1, 0.15) is 0 Å². The third kappa shape index (κ3) is 5.75. The van der Waals surface area contributed by atoms with E-state index in [1.807, 2.05) is 35.2 Å². The van der Waals surface area contributed by atoms with Crippen LogP contribution in [0.5, 0.6) is 0 Å². The predicted octanol–water partition coefficient (Wildman–Crippen LogP) is 1.12. The first-order chi connectivity index (χ1) is 10.6. The summed E-state index contributed by atoms with van der Waals surface area (Å²) in [4.78, 5) is 15.5. The Morgan fingerprint density at radius 3 is 2.73 bits per heavy atom. The lowest BCUT2D eigenvalue weighted by Gasteiger charge is -2.23. The van der Waals surface area contributed by atoms with Gasteiger partial charge in [-0.05, 0) is 18.5 Å². The van der Waals surface area contributed by atoms with Crippen molar-refractivity contribution in [2.45, 2.75) is 26.1 Å². The Morgan fingerprint density at radius 2 is 2.00 bits per heavy atom. The quantitative estimate of drug-likeness (QED) is 0.856. The van der Waals surface area contributed by atoms with E-state index >= 15 is 0 Å². The van der Waals surface area contributed by atoms with Gasteiger partial charge in [0.25, 0.3) is 0 Å². The van der Waals surface area contributed by atoms with Crippen LogP contribution in [0, 0.1) is 0 Å². The summed E-state index contributed by atoms with van der Waals surface area (Å²) in [5.74, 6) is 0.133. The smallest absolute Gasteiger partial charge is 0.219 e. The van der Waals surface area contributed by atoms with E-state index in [0.717, 1.165) is 38.2 Å². The van der Waals surface area contributed by atoms with Gasteiger partial charge in [0.2, 0.25) is 5.91 Å². The Balaban J connectivity index is 1.66. The summed E-state index contributed by atoms with van der Waals surface area (Å²) in [5.41, 5.74) is 1.11. The minimum atomic E-state index is -0.493. The van der Waals surface area contributed by atoms with Crippen LogP contribution >= 0.6 is 0 Å². The van der Waals surface area contributed by atoms with E-state index in [4.69, 9.17) is 4.74 Å². The number of carbonyl (C=O) groups excluding carboxylic acids is 1. The highest BCUT2D eigenvalue weighted by molar-refractivity contribution is 5.73. The molecule has 2 rings (SSSR count). The van der Waals surface area contributed by atoms with Crippen LogP contribution in [0.3, 0.4) is 0 Å². The van der Waals surface area contributed by atoms with E-state index in [0.29, 0.717) is 19.8 Å². The summed E-state index contributed by atoms with van der Waals surface area (Å²) in [5, 5.41) is 10.1. The number of ether oxygens (including phenoxy) is 1. The SMILES string of the molecule is CC(=O)N1CCCN(C[C@@H](O)COCc2ccccc2)CC1. The predicted molar refractivity (Wildman–Crippen MR) is 85.4 cm³/mol. The maximum Gasteiger partial charge on any atom is 0.219 e. The molecule has 122 valence electrons. The molecule has 1 fully saturated rings. The van der Waals surface area contributed by atoms with Crippen LogP contribution in [0.1, 0.15) is 18.9 Å². The number of β-amino-alcohol motifs (C(OH)–C–C–N with tert-alkyl or cyclic N) is 1. The van der Waals surface area contributed by atoms with Crippen molar-refractivity contribution in [3.05, 3.63) is 35.9 Å². The molecule has 1 N–H and O–H groups in total. The Bertz CT molecular complexity index is 452. The third-order valence-electron chi connectivity index (χ3n) is 3.92. The molecule has 1 aliphatic rings. The van der Waals surface area contributed by atoms with Crippen LogP contribution in [0.4, 0.5) is 0 Å². The van der Waals surface area contributed by atoms with Gasteiger partial charge in [-0.1, -0.05) is 30.3 Å². The van der Waals surface area contributed by atoms with Gasteiger partial charge in [0.05, 0.1) is 19.3 Å². The molecule has 5 nitrogen and oxygen atoms in total. The molecule has 1 heterocycles. The lowest BCUT2D eigenvalue weighted by molar-refractivity contribution is -0.128. The van der Waals surface area contributed by atoms with Gasteiger partial charge in [0, 0.05) is 33.1 Å². The summed E-state index contributed by atoms with van der Waals surface area (Å²) >= 11 is 0. The Kier molecular flexibility index (Phi) is 6.83. The van der Waals surface area contributed by atoms with Crippen molar-refractivity contribution in [2.24, 2.45) is 0 Å². The topological polar surface area (TPSA) is 53.0 Å². The van der Waals surface area contributed by atoms with Gasteiger partial charge in [0.15, 0.2) is 0 Å². The van der Waals surface area contributed by atoms with E-state index in [2.05, 4.69) is 4.90 Å². The number of nitrogens with zero attached hydrogens (tertiary/aromatic N) is 2. The molecule has 1 aromatic carbocycles. The normalized spacial score (nSPS) is 18.0. The van der Waals surface area contributed by atoms with E-state index in [1.165, 1.54) is 0 Å². The monoisotopic (exact) mass is 306 g/mol. The summed E-state index contributed by atoms with van der Waals surface area (Å²) in [6, 6.07) is 9.96. The molecule has 0 bridgehead atoms. The summed E-state index contributed by atoms with van der Waals surface area (Å²) < 4.78 is 5.57. The van der Waals surface area contributed by atoms with Gasteiger partial charge in [-0.2, -0.15) is 0 Å². The summed E-state index contributed by atoms with van der Waals surface area (Å²) in [6.07, 6.45) is 0.463.